The van der Waals surface area contributed by atoms with Gasteiger partial charge in [-0.1, -0.05) is 28.1 Å². The zero-order chi connectivity index (χ0) is 17.3. The number of carbonyl (C=O) groups excluding carboxylic acids is 1. The van der Waals surface area contributed by atoms with Gasteiger partial charge >= 0.3 is 12.1 Å². The molecule has 0 saturated carbocycles. The molecule has 0 spiro atoms. The van der Waals surface area contributed by atoms with Gasteiger partial charge in [0.1, 0.15) is 0 Å². The van der Waals surface area contributed by atoms with Gasteiger partial charge < -0.3 is 0 Å². The van der Waals surface area contributed by atoms with E-state index < -0.39 is 21.8 Å². The molecular formula is C14H10BrF3N2O2S. The highest BCUT2D eigenvalue weighted by molar-refractivity contribution is 9.10. The lowest BCUT2D eigenvalue weighted by Crippen LogP contribution is -2.21. The largest absolute Gasteiger partial charge is 0.474 e. The monoisotopic (exact) mass is 406 g/mol. The Morgan fingerprint density at radius 3 is 2.26 bits per heavy atom. The number of halogens is 4. The molecule has 0 saturated heterocycles. The minimum absolute atomic E-state index is 0.0454. The normalized spacial score (nSPS) is 14.1. The van der Waals surface area contributed by atoms with Gasteiger partial charge in [-0.15, -0.1) is 4.36 Å². The molecule has 0 fully saturated rings. The first kappa shape index (κ1) is 17.6. The number of nitrogens with zero attached hydrogens (tertiary/aromatic N) is 2. The Morgan fingerprint density at radius 2 is 1.78 bits per heavy atom. The third-order valence-corrected chi connectivity index (χ3v) is 4.97. The lowest BCUT2D eigenvalue weighted by Gasteiger charge is -2.07. The minimum atomic E-state index is -5.15. The third-order valence-electron chi connectivity index (χ3n) is 2.81. The van der Waals surface area contributed by atoms with Gasteiger partial charge in [0.05, 0.1) is 20.3 Å². The maximum atomic E-state index is 12.2. The SMILES string of the molecule is CS(=O)(=NC(=O)C(F)(F)F)c1ccc(-c2ccc(Br)cc2)nc1. The lowest BCUT2D eigenvalue weighted by atomic mass is 10.1. The van der Waals surface area contributed by atoms with Gasteiger partial charge in [-0.05, 0) is 24.3 Å². The summed E-state index contributed by atoms with van der Waals surface area (Å²) >= 11 is 3.30. The van der Waals surface area contributed by atoms with Crippen molar-refractivity contribution in [1.82, 2.24) is 4.98 Å². The summed E-state index contributed by atoms with van der Waals surface area (Å²) in [4.78, 5) is 14.9. The smallest absolute Gasteiger partial charge is 0.261 e. The molecular weight excluding hydrogens is 397 g/mol. The molecule has 4 nitrogen and oxygen atoms in total. The van der Waals surface area contributed by atoms with Crippen molar-refractivity contribution in [2.24, 2.45) is 4.36 Å². The Balaban J connectivity index is 2.35. The molecule has 2 aromatic rings. The Kier molecular flexibility index (Phi) is 4.90. The van der Waals surface area contributed by atoms with Crippen molar-refractivity contribution < 1.29 is 22.2 Å². The van der Waals surface area contributed by atoms with E-state index in [2.05, 4.69) is 25.3 Å². The van der Waals surface area contributed by atoms with Crippen LogP contribution in [0.1, 0.15) is 0 Å². The van der Waals surface area contributed by atoms with Gasteiger partial charge in [-0.3, -0.25) is 9.78 Å². The number of aromatic nitrogens is 1. The highest BCUT2D eigenvalue weighted by Crippen LogP contribution is 2.23. The molecule has 0 bridgehead atoms. The van der Waals surface area contributed by atoms with Crippen molar-refractivity contribution >= 4 is 31.6 Å². The summed E-state index contributed by atoms with van der Waals surface area (Å²) in [6, 6.07) is 10.1. The van der Waals surface area contributed by atoms with Crippen LogP contribution in [-0.2, 0) is 14.5 Å². The van der Waals surface area contributed by atoms with Crippen LogP contribution in [0, 0.1) is 0 Å². The highest BCUT2D eigenvalue weighted by atomic mass is 79.9. The summed E-state index contributed by atoms with van der Waals surface area (Å²) in [5.74, 6) is -2.37. The van der Waals surface area contributed by atoms with Crippen LogP contribution >= 0.6 is 15.9 Å². The minimum Gasteiger partial charge on any atom is -0.261 e. The molecule has 0 radical (unpaired) electrons. The first-order chi connectivity index (χ1) is 10.6. The average molecular weight is 407 g/mol. The van der Waals surface area contributed by atoms with Crippen LogP contribution in [-0.4, -0.2) is 27.5 Å². The predicted molar refractivity (Wildman–Crippen MR) is 83.2 cm³/mol. The quantitative estimate of drug-likeness (QED) is 0.755. The van der Waals surface area contributed by atoms with Gasteiger partial charge in [0.15, 0.2) is 0 Å². The first-order valence-electron chi connectivity index (χ1n) is 6.15. The second-order valence-electron chi connectivity index (χ2n) is 4.58. The molecule has 0 N–H and O–H groups in total. The summed E-state index contributed by atoms with van der Waals surface area (Å²) in [7, 11) is -3.51. The number of hydrogen-bond donors (Lipinski definition) is 0. The summed E-state index contributed by atoms with van der Waals surface area (Å²) in [6.45, 7) is 0. The predicted octanol–water partition coefficient (Wildman–Crippen LogP) is 4.06. The molecule has 0 aliphatic heterocycles. The number of amides is 1. The first-order valence-corrected chi connectivity index (χ1v) is 8.86. The van der Waals surface area contributed by atoms with Gasteiger partial charge in [0, 0.05) is 22.5 Å². The van der Waals surface area contributed by atoms with Crippen molar-refractivity contribution in [2.75, 3.05) is 6.26 Å². The van der Waals surface area contributed by atoms with Crippen LogP contribution in [0.5, 0.6) is 0 Å². The topological polar surface area (TPSA) is 59.4 Å². The Labute approximate surface area is 139 Å². The molecule has 2 rings (SSSR count). The van der Waals surface area contributed by atoms with Gasteiger partial charge in [-0.2, -0.15) is 13.2 Å². The lowest BCUT2D eigenvalue weighted by molar-refractivity contribution is -0.169. The summed E-state index contributed by atoms with van der Waals surface area (Å²) in [6.07, 6.45) is -3.02. The van der Waals surface area contributed by atoms with E-state index in [4.69, 9.17) is 0 Å². The second-order valence-corrected chi connectivity index (χ2v) is 7.76. The molecule has 1 aromatic carbocycles. The van der Waals surface area contributed by atoms with Gasteiger partial charge in [-0.25, -0.2) is 4.21 Å². The average Bonchev–Trinajstić information content (AvgIpc) is 2.47. The number of pyridine rings is 1. The maximum Gasteiger partial charge on any atom is 0.474 e. The standard InChI is InChI=1S/C14H10BrF3N2O2S/c1-23(22,20-13(21)14(16,17)18)11-6-7-12(19-8-11)9-2-4-10(15)5-3-9/h2-8H,1H3. The zero-order valence-electron chi connectivity index (χ0n) is 11.7. The fourth-order valence-corrected chi connectivity index (χ4v) is 3.02. The number of hydrogen-bond acceptors (Lipinski definition) is 3. The Hall–Kier alpha value is -1.74. The molecule has 1 aromatic heterocycles. The maximum absolute atomic E-state index is 12.2. The van der Waals surface area contributed by atoms with Crippen LogP contribution in [0.15, 0.2) is 56.3 Å². The van der Waals surface area contributed by atoms with E-state index in [0.29, 0.717) is 5.69 Å². The molecule has 1 heterocycles. The van der Waals surface area contributed by atoms with Crippen LogP contribution in [0.3, 0.4) is 0 Å². The number of benzene rings is 1. The molecule has 1 atom stereocenters. The van der Waals surface area contributed by atoms with E-state index in [1.165, 1.54) is 12.1 Å². The number of carbonyl (C=O) groups is 1. The second kappa shape index (κ2) is 6.40. The van der Waals surface area contributed by atoms with Crippen molar-refractivity contribution in [2.45, 2.75) is 11.1 Å². The molecule has 122 valence electrons. The summed E-state index contributed by atoms with van der Waals surface area (Å²) in [5, 5.41) is 0. The molecule has 0 aliphatic carbocycles. The highest BCUT2D eigenvalue weighted by Gasteiger charge is 2.39. The molecule has 1 unspecified atom stereocenters. The fourth-order valence-electron chi connectivity index (χ4n) is 1.66. The van der Waals surface area contributed by atoms with Crippen molar-refractivity contribution in [3.8, 4) is 11.3 Å². The van der Waals surface area contributed by atoms with Crippen LogP contribution in [0.25, 0.3) is 11.3 Å². The summed E-state index contributed by atoms with van der Waals surface area (Å²) < 4.78 is 52.5. The van der Waals surface area contributed by atoms with E-state index in [0.717, 1.165) is 22.5 Å². The zero-order valence-corrected chi connectivity index (χ0v) is 14.1. The molecule has 0 aliphatic rings. The van der Waals surface area contributed by atoms with Gasteiger partial charge in [0.2, 0.25) is 0 Å². The van der Waals surface area contributed by atoms with Crippen LogP contribution in [0.2, 0.25) is 0 Å². The van der Waals surface area contributed by atoms with E-state index in [1.807, 2.05) is 12.1 Å². The summed E-state index contributed by atoms with van der Waals surface area (Å²) in [5.41, 5.74) is 1.34. The molecule has 23 heavy (non-hydrogen) atoms. The van der Waals surface area contributed by atoms with Crippen LogP contribution in [0.4, 0.5) is 13.2 Å². The number of rotatable bonds is 2. The number of alkyl halides is 3. The van der Waals surface area contributed by atoms with Crippen LogP contribution < -0.4 is 0 Å². The van der Waals surface area contributed by atoms with Gasteiger partial charge in [0.25, 0.3) is 0 Å². The van der Waals surface area contributed by atoms with E-state index in [-0.39, 0.29) is 4.90 Å². The fraction of sp³-hybridized carbons (Fsp3) is 0.143. The molecule has 1 amide bonds. The van der Waals surface area contributed by atoms with E-state index in [1.54, 1.807) is 12.1 Å². The third kappa shape index (κ3) is 4.38. The van der Waals surface area contributed by atoms with Crippen molar-refractivity contribution in [3.63, 3.8) is 0 Å². The van der Waals surface area contributed by atoms with Crippen molar-refractivity contribution in [1.29, 1.82) is 0 Å². The van der Waals surface area contributed by atoms with Crippen molar-refractivity contribution in [3.05, 3.63) is 47.1 Å². The molecule has 9 heteroatoms. The Bertz CT molecular complexity index is 840. The van der Waals surface area contributed by atoms with E-state index in [9.17, 15) is 22.2 Å². The Morgan fingerprint density at radius 1 is 1.17 bits per heavy atom. The van der Waals surface area contributed by atoms with E-state index >= 15 is 0 Å².